The van der Waals surface area contributed by atoms with Crippen LogP contribution < -0.4 is 16.4 Å². The summed E-state index contributed by atoms with van der Waals surface area (Å²) in [6.07, 6.45) is -0.592. The van der Waals surface area contributed by atoms with Crippen LogP contribution in [-0.2, 0) is 0 Å². The van der Waals surface area contributed by atoms with Crippen LogP contribution in [0, 0.1) is 0 Å². The van der Waals surface area contributed by atoms with Crippen molar-refractivity contribution in [3.8, 4) is 0 Å². The molecule has 0 aliphatic carbocycles. The summed E-state index contributed by atoms with van der Waals surface area (Å²) in [5, 5.41) is 15.4. The number of aliphatic hydroxyl groups excluding tert-OH is 1. The van der Waals surface area contributed by atoms with Gasteiger partial charge in [-0.05, 0) is 24.3 Å². The van der Waals surface area contributed by atoms with Crippen LogP contribution in [0.3, 0.4) is 0 Å². The molecule has 0 heterocycles. The topological polar surface area (TPSA) is 87.4 Å². The maximum Gasteiger partial charge on any atom is 0.251 e. The van der Waals surface area contributed by atoms with Crippen molar-refractivity contribution >= 4 is 24.0 Å². The third-order valence-corrected chi connectivity index (χ3v) is 2.43. The Labute approximate surface area is 120 Å². The van der Waals surface area contributed by atoms with Gasteiger partial charge in [0, 0.05) is 30.4 Å². The molecule has 0 aliphatic rings. The van der Waals surface area contributed by atoms with E-state index >= 15 is 0 Å². The number of carbonyl (C=O) groups excluding carboxylic acids is 1. The lowest BCUT2D eigenvalue weighted by Crippen LogP contribution is -2.40. The first-order valence-corrected chi connectivity index (χ1v) is 6.04. The second kappa shape index (κ2) is 8.74. The van der Waals surface area contributed by atoms with Crippen LogP contribution in [0.5, 0.6) is 0 Å². The second-order valence-electron chi connectivity index (χ2n) is 4.55. The van der Waals surface area contributed by atoms with E-state index in [0.717, 1.165) is 0 Å². The van der Waals surface area contributed by atoms with E-state index in [2.05, 4.69) is 10.6 Å². The highest BCUT2D eigenvalue weighted by atomic mass is 35.5. The number of benzene rings is 1. The van der Waals surface area contributed by atoms with Gasteiger partial charge in [-0.25, -0.2) is 0 Å². The smallest absolute Gasteiger partial charge is 0.251 e. The Morgan fingerprint density at radius 1 is 1.26 bits per heavy atom. The zero-order valence-electron chi connectivity index (χ0n) is 11.2. The number of carbonyl (C=O) groups is 1. The van der Waals surface area contributed by atoms with E-state index in [-0.39, 0.29) is 24.9 Å². The average Bonchev–Trinajstić information content (AvgIpc) is 2.34. The van der Waals surface area contributed by atoms with E-state index in [9.17, 15) is 9.90 Å². The minimum atomic E-state index is -0.592. The first-order valence-electron chi connectivity index (χ1n) is 6.04. The lowest BCUT2D eigenvalue weighted by atomic mass is 10.2. The number of halogens is 1. The van der Waals surface area contributed by atoms with Gasteiger partial charge in [0.2, 0.25) is 0 Å². The largest absolute Gasteiger partial charge is 0.399 e. The maximum absolute atomic E-state index is 11.7. The summed E-state index contributed by atoms with van der Waals surface area (Å²) in [6, 6.07) is 6.97. The molecule has 0 saturated heterocycles. The lowest BCUT2D eigenvalue weighted by molar-refractivity contribution is 0.0914. The number of aliphatic hydroxyl groups is 1. The van der Waals surface area contributed by atoms with Gasteiger partial charge in [-0.3, -0.25) is 4.79 Å². The van der Waals surface area contributed by atoms with Crippen LogP contribution in [0.4, 0.5) is 5.69 Å². The molecule has 1 rings (SSSR count). The quantitative estimate of drug-likeness (QED) is 0.582. The first-order chi connectivity index (χ1) is 8.49. The Bertz CT molecular complexity index is 382. The highest BCUT2D eigenvalue weighted by Gasteiger charge is 2.09. The Balaban J connectivity index is 0.00000324. The van der Waals surface area contributed by atoms with Crippen molar-refractivity contribution in [1.82, 2.24) is 10.6 Å². The summed E-state index contributed by atoms with van der Waals surface area (Å²) < 4.78 is 0. The SMILES string of the molecule is CC(C)NCC(O)CNC(=O)c1ccc(N)cc1.Cl. The van der Waals surface area contributed by atoms with Gasteiger partial charge in [-0.2, -0.15) is 0 Å². The Kier molecular flexibility index (Phi) is 8.14. The van der Waals surface area contributed by atoms with E-state index in [0.29, 0.717) is 23.8 Å². The molecule has 19 heavy (non-hydrogen) atoms. The minimum absolute atomic E-state index is 0. The van der Waals surface area contributed by atoms with Gasteiger partial charge in [0.15, 0.2) is 0 Å². The Morgan fingerprint density at radius 3 is 2.37 bits per heavy atom. The van der Waals surface area contributed by atoms with Gasteiger partial charge in [-0.1, -0.05) is 13.8 Å². The summed E-state index contributed by atoms with van der Waals surface area (Å²) in [5.74, 6) is -0.210. The third kappa shape index (κ3) is 7.00. The molecule has 1 unspecified atom stereocenters. The number of anilines is 1. The van der Waals surface area contributed by atoms with Crippen LogP contribution >= 0.6 is 12.4 Å². The zero-order chi connectivity index (χ0) is 13.5. The number of nitrogens with one attached hydrogen (secondary N) is 2. The highest BCUT2D eigenvalue weighted by molar-refractivity contribution is 5.94. The van der Waals surface area contributed by atoms with Crippen LogP contribution in [-0.4, -0.2) is 36.2 Å². The summed E-state index contributed by atoms with van der Waals surface area (Å²) in [4.78, 5) is 11.7. The van der Waals surface area contributed by atoms with Gasteiger partial charge in [0.05, 0.1) is 6.10 Å². The molecule has 5 nitrogen and oxygen atoms in total. The van der Waals surface area contributed by atoms with Crippen molar-refractivity contribution in [2.75, 3.05) is 18.8 Å². The molecular weight excluding hydrogens is 266 g/mol. The molecule has 0 bridgehead atoms. The third-order valence-electron chi connectivity index (χ3n) is 2.43. The van der Waals surface area contributed by atoms with Gasteiger partial charge in [-0.15, -0.1) is 12.4 Å². The van der Waals surface area contributed by atoms with E-state index < -0.39 is 6.10 Å². The van der Waals surface area contributed by atoms with Crippen molar-refractivity contribution in [2.24, 2.45) is 0 Å². The summed E-state index contributed by atoms with van der Waals surface area (Å²) in [5.41, 5.74) is 6.69. The number of nitrogens with two attached hydrogens (primary N) is 1. The summed E-state index contributed by atoms with van der Waals surface area (Å²) in [6.45, 7) is 4.68. The van der Waals surface area contributed by atoms with Crippen LogP contribution in [0.1, 0.15) is 24.2 Å². The second-order valence-corrected chi connectivity index (χ2v) is 4.55. The predicted octanol–water partition coefficient (Wildman–Crippen LogP) is 0.779. The monoisotopic (exact) mass is 287 g/mol. The van der Waals surface area contributed by atoms with Crippen molar-refractivity contribution in [3.05, 3.63) is 29.8 Å². The normalized spacial score (nSPS) is 11.8. The molecule has 1 atom stereocenters. The molecular formula is C13H22ClN3O2. The van der Waals surface area contributed by atoms with E-state index in [1.165, 1.54) is 0 Å². The van der Waals surface area contributed by atoms with Gasteiger partial charge in [0.1, 0.15) is 0 Å². The van der Waals surface area contributed by atoms with Crippen molar-refractivity contribution in [3.63, 3.8) is 0 Å². The van der Waals surface area contributed by atoms with Crippen molar-refractivity contribution < 1.29 is 9.90 Å². The first kappa shape index (κ1) is 17.7. The molecule has 0 aromatic heterocycles. The fourth-order valence-corrected chi connectivity index (χ4v) is 1.39. The molecule has 0 aliphatic heterocycles. The summed E-state index contributed by atoms with van der Waals surface area (Å²) >= 11 is 0. The Hall–Kier alpha value is -1.30. The molecule has 1 aromatic rings. The number of amides is 1. The fraction of sp³-hybridized carbons (Fsp3) is 0.462. The van der Waals surface area contributed by atoms with Gasteiger partial charge < -0.3 is 21.5 Å². The van der Waals surface area contributed by atoms with E-state index in [4.69, 9.17) is 5.73 Å². The molecule has 0 spiro atoms. The lowest BCUT2D eigenvalue weighted by Gasteiger charge is -2.14. The standard InChI is InChI=1S/C13H21N3O2.ClH/c1-9(2)15-7-12(17)8-16-13(18)10-3-5-11(14)6-4-10;/h3-6,9,12,15,17H,7-8,14H2,1-2H3,(H,16,18);1H. The Morgan fingerprint density at radius 2 is 1.84 bits per heavy atom. The van der Waals surface area contributed by atoms with Crippen molar-refractivity contribution in [2.45, 2.75) is 26.0 Å². The van der Waals surface area contributed by atoms with Gasteiger partial charge in [0.25, 0.3) is 5.91 Å². The number of rotatable bonds is 6. The average molecular weight is 288 g/mol. The molecule has 1 amide bonds. The molecule has 0 saturated carbocycles. The fourth-order valence-electron chi connectivity index (χ4n) is 1.39. The molecule has 0 radical (unpaired) electrons. The highest BCUT2D eigenvalue weighted by Crippen LogP contribution is 2.04. The van der Waals surface area contributed by atoms with E-state index in [1.54, 1.807) is 24.3 Å². The zero-order valence-corrected chi connectivity index (χ0v) is 12.0. The molecule has 6 heteroatoms. The molecule has 5 N–H and O–H groups in total. The minimum Gasteiger partial charge on any atom is -0.399 e. The van der Waals surface area contributed by atoms with Crippen LogP contribution in [0.25, 0.3) is 0 Å². The summed E-state index contributed by atoms with van der Waals surface area (Å²) in [7, 11) is 0. The number of hydrogen-bond acceptors (Lipinski definition) is 4. The van der Waals surface area contributed by atoms with Crippen LogP contribution in [0.15, 0.2) is 24.3 Å². The van der Waals surface area contributed by atoms with Crippen LogP contribution in [0.2, 0.25) is 0 Å². The van der Waals surface area contributed by atoms with Crippen molar-refractivity contribution in [1.29, 1.82) is 0 Å². The van der Waals surface area contributed by atoms with E-state index in [1.807, 2.05) is 13.8 Å². The maximum atomic E-state index is 11.7. The molecule has 1 aromatic carbocycles. The van der Waals surface area contributed by atoms with Gasteiger partial charge >= 0.3 is 0 Å². The molecule has 0 fully saturated rings. The molecule has 108 valence electrons. The number of hydrogen-bond donors (Lipinski definition) is 4. The number of nitrogen functional groups attached to an aromatic ring is 1. The predicted molar refractivity (Wildman–Crippen MR) is 79.6 cm³/mol.